The maximum absolute atomic E-state index is 12.7. The summed E-state index contributed by atoms with van der Waals surface area (Å²) < 4.78 is 5.66. The Morgan fingerprint density at radius 3 is 2.77 bits per heavy atom. The maximum Gasteiger partial charge on any atom is 0.257 e. The van der Waals surface area contributed by atoms with Gasteiger partial charge in [-0.2, -0.15) is 5.10 Å². The number of nitrogens with one attached hydrogen (secondary N) is 1. The second-order valence-corrected chi connectivity index (χ2v) is 6.35. The third kappa shape index (κ3) is 4.43. The highest BCUT2D eigenvalue weighted by molar-refractivity contribution is 6.30. The molecular weight excluding hydrogens is 350 g/mol. The fraction of sp³-hybridized carbons (Fsp3) is 0.200. The highest BCUT2D eigenvalue weighted by Crippen LogP contribution is 2.22. The van der Waals surface area contributed by atoms with Crippen molar-refractivity contribution < 1.29 is 9.53 Å². The Bertz CT molecular complexity index is 864. The molecule has 0 radical (unpaired) electrons. The Labute approximate surface area is 157 Å². The summed E-state index contributed by atoms with van der Waals surface area (Å²) in [5.41, 5.74) is 2.23. The largest absolute Gasteiger partial charge is 0.493 e. The summed E-state index contributed by atoms with van der Waals surface area (Å²) in [7, 11) is 1.78. The third-order valence-electron chi connectivity index (χ3n) is 3.98. The van der Waals surface area contributed by atoms with Crippen LogP contribution in [-0.4, -0.2) is 41.2 Å². The third-order valence-corrected chi connectivity index (χ3v) is 4.22. The lowest BCUT2D eigenvalue weighted by Crippen LogP contribution is -2.28. The Morgan fingerprint density at radius 1 is 1.19 bits per heavy atom. The number of benzene rings is 2. The van der Waals surface area contributed by atoms with Crippen LogP contribution in [0.25, 0.3) is 11.3 Å². The van der Waals surface area contributed by atoms with E-state index in [2.05, 4.69) is 10.2 Å². The van der Waals surface area contributed by atoms with Crippen LogP contribution in [0.2, 0.25) is 5.02 Å². The number of hydrogen-bond donors (Lipinski definition) is 1. The molecule has 1 heterocycles. The molecule has 0 atom stereocenters. The molecule has 0 saturated carbocycles. The van der Waals surface area contributed by atoms with Crippen molar-refractivity contribution in [3.05, 3.63) is 71.4 Å². The predicted molar refractivity (Wildman–Crippen MR) is 103 cm³/mol. The molecule has 5 nitrogen and oxygen atoms in total. The molecule has 0 unspecified atom stereocenters. The lowest BCUT2D eigenvalue weighted by molar-refractivity contribution is 0.0788. The number of halogens is 1. The fourth-order valence-electron chi connectivity index (χ4n) is 2.63. The van der Waals surface area contributed by atoms with E-state index in [4.69, 9.17) is 16.3 Å². The summed E-state index contributed by atoms with van der Waals surface area (Å²) in [6, 6.07) is 17.0. The molecule has 0 saturated heterocycles. The summed E-state index contributed by atoms with van der Waals surface area (Å²) in [6.45, 7) is 1.09. The molecule has 6 heteroatoms. The molecule has 0 fully saturated rings. The SMILES string of the molecule is CN(CCCOc1cccc(Cl)c1)C(=O)c1cn[nH]c1-c1ccccc1. The minimum atomic E-state index is -0.0691. The number of carbonyl (C=O) groups excluding carboxylic acids is 1. The van der Waals surface area contributed by atoms with Gasteiger partial charge >= 0.3 is 0 Å². The van der Waals surface area contributed by atoms with Crippen molar-refractivity contribution in [2.24, 2.45) is 0 Å². The topological polar surface area (TPSA) is 58.2 Å². The monoisotopic (exact) mass is 369 g/mol. The van der Waals surface area contributed by atoms with Crippen molar-refractivity contribution >= 4 is 17.5 Å². The van der Waals surface area contributed by atoms with Gasteiger partial charge in [0.2, 0.25) is 0 Å². The van der Waals surface area contributed by atoms with E-state index in [0.717, 1.165) is 17.0 Å². The first-order valence-corrected chi connectivity index (χ1v) is 8.75. The van der Waals surface area contributed by atoms with Crippen molar-refractivity contribution in [3.63, 3.8) is 0 Å². The van der Waals surface area contributed by atoms with Crippen LogP contribution in [0.1, 0.15) is 16.8 Å². The van der Waals surface area contributed by atoms with Crippen LogP contribution in [0.3, 0.4) is 0 Å². The van der Waals surface area contributed by atoms with Crippen LogP contribution in [0.4, 0.5) is 0 Å². The average Bonchev–Trinajstić information content (AvgIpc) is 3.15. The Kier molecular flexibility index (Phi) is 5.92. The molecule has 1 N–H and O–H groups in total. The lowest BCUT2D eigenvalue weighted by atomic mass is 10.1. The van der Waals surface area contributed by atoms with E-state index in [-0.39, 0.29) is 5.91 Å². The van der Waals surface area contributed by atoms with Crippen LogP contribution < -0.4 is 4.74 Å². The zero-order valence-electron chi connectivity index (χ0n) is 14.5. The lowest BCUT2D eigenvalue weighted by Gasteiger charge is -2.17. The first-order valence-electron chi connectivity index (χ1n) is 8.38. The van der Waals surface area contributed by atoms with Crippen molar-refractivity contribution in [2.45, 2.75) is 6.42 Å². The molecule has 26 heavy (non-hydrogen) atoms. The first-order chi connectivity index (χ1) is 12.6. The minimum absolute atomic E-state index is 0.0691. The maximum atomic E-state index is 12.7. The summed E-state index contributed by atoms with van der Waals surface area (Å²) in [5, 5.41) is 7.60. The molecule has 0 aliphatic carbocycles. The quantitative estimate of drug-likeness (QED) is 0.632. The molecule has 0 bridgehead atoms. The van der Waals surface area contributed by atoms with Crippen LogP contribution >= 0.6 is 11.6 Å². The molecular formula is C20H20ClN3O2. The van der Waals surface area contributed by atoms with Gasteiger partial charge in [0.05, 0.1) is 24.1 Å². The zero-order valence-corrected chi connectivity index (χ0v) is 15.2. The summed E-state index contributed by atoms with van der Waals surface area (Å²) in [6.07, 6.45) is 2.29. The van der Waals surface area contributed by atoms with Gasteiger partial charge in [0.25, 0.3) is 5.91 Å². The number of rotatable bonds is 7. The number of amides is 1. The molecule has 3 rings (SSSR count). The van der Waals surface area contributed by atoms with Gasteiger partial charge in [0.15, 0.2) is 0 Å². The van der Waals surface area contributed by atoms with Crippen molar-refractivity contribution in [1.82, 2.24) is 15.1 Å². The van der Waals surface area contributed by atoms with Crippen molar-refractivity contribution in [2.75, 3.05) is 20.2 Å². The highest BCUT2D eigenvalue weighted by atomic mass is 35.5. The highest BCUT2D eigenvalue weighted by Gasteiger charge is 2.18. The second kappa shape index (κ2) is 8.54. The van der Waals surface area contributed by atoms with Crippen LogP contribution in [0.15, 0.2) is 60.8 Å². The molecule has 0 aliphatic heterocycles. The number of H-pyrrole nitrogens is 1. The van der Waals surface area contributed by atoms with Crippen molar-refractivity contribution in [1.29, 1.82) is 0 Å². The van der Waals surface area contributed by atoms with Gasteiger partial charge in [-0.05, 0) is 24.6 Å². The molecule has 2 aromatic carbocycles. The average molecular weight is 370 g/mol. The van der Waals surface area contributed by atoms with E-state index >= 15 is 0 Å². The molecule has 1 aromatic heterocycles. The van der Waals surface area contributed by atoms with Gasteiger partial charge in [-0.25, -0.2) is 0 Å². The number of aromatic amines is 1. The van der Waals surface area contributed by atoms with E-state index in [1.807, 2.05) is 42.5 Å². The smallest absolute Gasteiger partial charge is 0.257 e. The molecule has 3 aromatic rings. The Balaban J connectivity index is 1.55. The predicted octanol–water partition coefficient (Wildman–Crippen LogP) is 4.27. The summed E-state index contributed by atoms with van der Waals surface area (Å²) in [4.78, 5) is 14.4. The molecule has 0 aliphatic rings. The Morgan fingerprint density at radius 2 is 2.00 bits per heavy atom. The number of carbonyl (C=O) groups is 1. The van der Waals surface area contributed by atoms with Gasteiger partial charge in [0.1, 0.15) is 5.75 Å². The Hall–Kier alpha value is -2.79. The first kappa shape index (κ1) is 18.0. The summed E-state index contributed by atoms with van der Waals surface area (Å²) >= 11 is 5.93. The van der Waals surface area contributed by atoms with Gasteiger partial charge in [-0.15, -0.1) is 0 Å². The number of ether oxygens (including phenoxy) is 1. The normalized spacial score (nSPS) is 10.5. The van der Waals surface area contributed by atoms with E-state index in [9.17, 15) is 4.79 Å². The van der Waals surface area contributed by atoms with Gasteiger partial charge in [-0.1, -0.05) is 48.0 Å². The van der Waals surface area contributed by atoms with E-state index in [1.165, 1.54) is 0 Å². The number of hydrogen-bond acceptors (Lipinski definition) is 3. The summed E-state index contributed by atoms with van der Waals surface area (Å²) in [5.74, 6) is 0.660. The fourth-order valence-corrected chi connectivity index (χ4v) is 2.81. The molecule has 1 amide bonds. The van der Waals surface area contributed by atoms with Crippen LogP contribution in [-0.2, 0) is 0 Å². The van der Waals surface area contributed by atoms with E-state index < -0.39 is 0 Å². The van der Waals surface area contributed by atoms with Crippen LogP contribution in [0.5, 0.6) is 5.75 Å². The second-order valence-electron chi connectivity index (χ2n) is 5.91. The standard InChI is InChI=1S/C20H20ClN3O2/c1-24(11-6-12-26-17-10-5-9-16(21)13-17)20(25)18-14-22-23-19(18)15-7-3-2-4-8-15/h2-5,7-10,13-14H,6,11-12H2,1H3,(H,22,23). The molecule has 134 valence electrons. The minimum Gasteiger partial charge on any atom is -0.493 e. The number of aromatic nitrogens is 2. The number of nitrogens with zero attached hydrogens (tertiary/aromatic N) is 2. The van der Waals surface area contributed by atoms with E-state index in [0.29, 0.717) is 30.2 Å². The van der Waals surface area contributed by atoms with Gasteiger partial charge < -0.3 is 9.64 Å². The van der Waals surface area contributed by atoms with E-state index in [1.54, 1.807) is 30.3 Å². The van der Waals surface area contributed by atoms with Gasteiger partial charge in [-0.3, -0.25) is 9.89 Å². The molecule has 0 spiro atoms. The van der Waals surface area contributed by atoms with Crippen LogP contribution in [0, 0.1) is 0 Å². The van der Waals surface area contributed by atoms with Gasteiger partial charge in [0, 0.05) is 24.2 Å². The zero-order chi connectivity index (χ0) is 18.4. The van der Waals surface area contributed by atoms with Crippen molar-refractivity contribution in [3.8, 4) is 17.0 Å².